The average Bonchev–Trinajstić information content (AvgIpc) is 3.20. The lowest BCUT2D eigenvalue weighted by molar-refractivity contribution is 0.0965. The summed E-state index contributed by atoms with van der Waals surface area (Å²) in [5, 5.41) is 22.8. The molecule has 0 unspecified atom stereocenters. The first kappa shape index (κ1) is 27.8. The lowest BCUT2D eigenvalue weighted by atomic mass is 10.0. The first-order valence-electron chi connectivity index (χ1n) is 11.3. The van der Waals surface area contributed by atoms with E-state index in [4.69, 9.17) is 16.3 Å². The number of nitrogens with two attached hydrogens (primary N) is 1. The zero-order valence-electron chi connectivity index (χ0n) is 20.0. The average molecular weight is 544 g/mol. The van der Waals surface area contributed by atoms with Gasteiger partial charge in [0.25, 0.3) is 11.8 Å². The Labute approximate surface area is 218 Å². The molecule has 14 heteroatoms. The number of imide groups is 1. The van der Waals surface area contributed by atoms with Crippen molar-refractivity contribution in [1.29, 1.82) is 10.5 Å². The van der Waals surface area contributed by atoms with Crippen LogP contribution < -0.4 is 16.4 Å². The molecule has 3 rings (SSSR count). The van der Waals surface area contributed by atoms with Crippen molar-refractivity contribution in [2.45, 2.75) is 31.2 Å². The maximum absolute atomic E-state index is 13.0. The Hall–Kier alpha value is -3.82. The van der Waals surface area contributed by atoms with Crippen molar-refractivity contribution < 1.29 is 22.8 Å². The number of sulfonamides is 1. The number of anilines is 1. The van der Waals surface area contributed by atoms with Gasteiger partial charge in [0.1, 0.15) is 18.1 Å². The van der Waals surface area contributed by atoms with Gasteiger partial charge in [-0.15, -0.1) is 11.3 Å². The lowest BCUT2D eigenvalue weighted by Gasteiger charge is -2.26. The van der Waals surface area contributed by atoms with Crippen LogP contribution in [0.15, 0.2) is 29.2 Å². The van der Waals surface area contributed by atoms with Gasteiger partial charge < -0.3 is 11.1 Å². The number of primary amides is 1. The molecule has 2 heterocycles. The van der Waals surface area contributed by atoms with Gasteiger partial charge in [-0.05, 0) is 49.2 Å². The number of rotatable bonds is 9. The second kappa shape index (κ2) is 11.9. The maximum atomic E-state index is 13.0. The van der Waals surface area contributed by atoms with Gasteiger partial charge in [-0.1, -0.05) is 6.92 Å². The van der Waals surface area contributed by atoms with Crippen LogP contribution >= 0.6 is 11.3 Å². The second-order valence-electron chi connectivity index (χ2n) is 8.12. The summed E-state index contributed by atoms with van der Waals surface area (Å²) in [6.07, 6.45) is 1.54. The fraction of sp³-hybridized carbons (Fsp3) is 0.348. The number of carbonyl (C=O) groups excluding carboxylic acids is 3. The molecule has 194 valence electrons. The van der Waals surface area contributed by atoms with E-state index in [1.165, 1.54) is 35.6 Å². The highest BCUT2D eigenvalue weighted by Crippen LogP contribution is 2.37. The quantitative estimate of drug-likeness (QED) is 0.397. The van der Waals surface area contributed by atoms with Crippen LogP contribution in [0, 0.1) is 22.7 Å². The van der Waals surface area contributed by atoms with Crippen molar-refractivity contribution in [3.8, 4) is 12.1 Å². The number of fused-ring (bicyclic) bond motifs is 1. The summed E-state index contributed by atoms with van der Waals surface area (Å²) < 4.78 is 26.2. The molecule has 37 heavy (non-hydrogen) atoms. The molecule has 1 aromatic carbocycles. The molecule has 0 atom stereocenters. The molecule has 0 bridgehead atoms. The number of hydrogen-bond donors (Lipinski definition) is 3. The Morgan fingerprint density at radius 3 is 2.35 bits per heavy atom. The Morgan fingerprint density at radius 2 is 1.78 bits per heavy atom. The molecule has 0 radical (unpaired) electrons. The van der Waals surface area contributed by atoms with Crippen LogP contribution in [-0.4, -0.2) is 61.6 Å². The molecule has 1 aliphatic heterocycles. The number of carbonyl (C=O) groups is 3. The summed E-state index contributed by atoms with van der Waals surface area (Å²) in [6, 6.07) is 7.40. The minimum Gasteiger partial charge on any atom is -0.351 e. The molecule has 0 spiro atoms. The van der Waals surface area contributed by atoms with E-state index < -0.39 is 41.0 Å². The van der Waals surface area contributed by atoms with E-state index in [1.807, 2.05) is 0 Å². The van der Waals surface area contributed by atoms with Crippen LogP contribution in [0.2, 0.25) is 0 Å². The highest BCUT2D eigenvalue weighted by Gasteiger charge is 2.29. The zero-order chi connectivity index (χ0) is 27.2. The zero-order valence-corrected chi connectivity index (χ0v) is 21.6. The smallest absolute Gasteiger partial charge is 0.319 e. The molecule has 1 aromatic heterocycles. The number of nitrogens with zero attached hydrogens (tertiary/aromatic N) is 4. The third-order valence-electron chi connectivity index (χ3n) is 5.62. The maximum Gasteiger partial charge on any atom is 0.319 e. The summed E-state index contributed by atoms with van der Waals surface area (Å²) in [7, 11) is -4.11. The van der Waals surface area contributed by atoms with Crippen molar-refractivity contribution in [3.63, 3.8) is 0 Å². The molecule has 1 aliphatic rings. The minimum absolute atomic E-state index is 0.117. The summed E-state index contributed by atoms with van der Waals surface area (Å²) in [5.74, 6) is -1.30. The summed E-state index contributed by atoms with van der Waals surface area (Å²) in [4.78, 5) is 40.1. The van der Waals surface area contributed by atoms with E-state index in [1.54, 1.807) is 12.1 Å². The first-order valence-corrected chi connectivity index (χ1v) is 13.5. The van der Waals surface area contributed by atoms with E-state index in [0.29, 0.717) is 13.0 Å². The molecule has 4 N–H and O–H groups in total. The number of urea groups is 1. The van der Waals surface area contributed by atoms with Crippen molar-refractivity contribution in [2.75, 3.05) is 31.5 Å². The highest BCUT2D eigenvalue weighted by molar-refractivity contribution is 7.89. The largest absolute Gasteiger partial charge is 0.351 e. The van der Waals surface area contributed by atoms with E-state index in [2.05, 4.69) is 22.5 Å². The number of nitriles is 2. The molecule has 0 fully saturated rings. The summed E-state index contributed by atoms with van der Waals surface area (Å²) >= 11 is 1.24. The van der Waals surface area contributed by atoms with Crippen LogP contribution in [0.1, 0.15) is 44.5 Å². The van der Waals surface area contributed by atoms with Crippen molar-refractivity contribution in [2.24, 2.45) is 5.73 Å². The number of thiophene rings is 1. The third kappa shape index (κ3) is 6.31. The number of hydrogen-bond acceptors (Lipinski definition) is 9. The monoisotopic (exact) mass is 543 g/mol. The fourth-order valence-electron chi connectivity index (χ4n) is 3.95. The molecular formula is C23H25N7O5S2. The molecule has 0 saturated carbocycles. The molecule has 12 nitrogen and oxygen atoms in total. The van der Waals surface area contributed by atoms with Gasteiger partial charge in [-0.2, -0.15) is 14.8 Å². The normalized spacial score (nSPS) is 13.3. The SMILES string of the molecule is CCCN1CCc2c(sc(NC(=O)c3ccc(S(=O)(=O)N(CC#N)CC#N)cc3)c2C(=O)NC(N)=O)C1. The standard InChI is InChI=1S/C23H25N7O5S2/c1-2-10-29-11-7-17-18(14-29)36-22(19(17)21(32)28-23(26)33)27-20(31)15-3-5-16(6-4-15)37(34,35)30(12-8-24)13-9-25/h3-6H,2,7,10-14H2,1H3,(H,27,31)(H3,26,28,32,33). The van der Waals surface area contributed by atoms with Crippen molar-refractivity contribution in [3.05, 3.63) is 45.8 Å². The van der Waals surface area contributed by atoms with E-state index in [-0.39, 0.29) is 21.0 Å². The van der Waals surface area contributed by atoms with E-state index in [9.17, 15) is 22.8 Å². The van der Waals surface area contributed by atoms with Gasteiger partial charge in [-0.3, -0.25) is 19.8 Å². The molecule has 0 aliphatic carbocycles. The highest BCUT2D eigenvalue weighted by atomic mass is 32.2. The molecule has 0 saturated heterocycles. The number of amides is 4. The van der Waals surface area contributed by atoms with Gasteiger partial charge in [0.2, 0.25) is 10.0 Å². The number of nitrogens with one attached hydrogen (secondary N) is 2. The van der Waals surface area contributed by atoms with Crippen molar-refractivity contribution >= 4 is 44.2 Å². The van der Waals surface area contributed by atoms with Crippen molar-refractivity contribution in [1.82, 2.24) is 14.5 Å². The predicted octanol–water partition coefficient (Wildman–Crippen LogP) is 1.61. The van der Waals surface area contributed by atoms with Crippen LogP contribution in [0.3, 0.4) is 0 Å². The second-order valence-corrected chi connectivity index (χ2v) is 11.2. The predicted molar refractivity (Wildman–Crippen MR) is 135 cm³/mol. The molecule has 4 amide bonds. The van der Waals surface area contributed by atoms with Gasteiger partial charge in [0.05, 0.1) is 22.6 Å². The van der Waals surface area contributed by atoms with E-state index in [0.717, 1.165) is 34.3 Å². The number of benzene rings is 1. The van der Waals surface area contributed by atoms with Crippen LogP contribution in [0.25, 0.3) is 0 Å². The third-order valence-corrected chi connectivity index (χ3v) is 8.55. The Balaban J connectivity index is 1.88. The van der Waals surface area contributed by atoms with Gasteiger partial charge >= 0.3 is 6.03 Å². The minimum atomic E-state index is -4.11. The van der Waals surface area contributed by atoms with E-state index >= 15 is 0 Å². The Morgan fingerprint density at radius 1 is 1.14 bits per heavy atom. The molecule has 2 aromatic rings. The first-order chi connectivity index (χ1) is 17.6. The van der Waals surface area contributed by atoms with Crippen LogP contribution in [0.5, 0.6) is 0 Å². The van der Waals surface area contributed by atoms with Gasteiger partial charge in [0.15, 0.2) is 0 Å². The Bertz CT molecular complexity index is 1370. The lowest BCUT2D eigenvalue weighted by Crippen LogP contribution is -2.36. The Kier molecular flexibility index (Phi) is 8.96. The summed E-state index contributed by atoms with van der Waals surface area (Å²) in [6.45, 7) is 3.31. The summed E-state index contributed by atoms with van der Waals surface area (Å²) in [5.41, 5.74) is 6.19. The molecular weight excluding hydrogens is 518 g/mol. The van der Waals surface area contributed by atoms with Crippen LogP contribution in [-0.2, 0) is 23.0 Å². The fourth-order valence-corrected chi connectivity index (χ4v) is 6.47. The van der Waals surface area contributed by atoms with Gasteiger partial charge in [-0.25, -0.2) is 13.2 Å². The van der Waals surface area contributed by atoms with Gasteiger partial charge in [0, 0.05) is 23.5 Å². The topological polar surface area (TPSA) is 189 Å². The van der Waals surface area contributed by atoms with Crippen LogP contribution in [0.4, 0.5) is 9.80 Å².